The van der Waals surface area contributed by atoms with E-state index in [1.54, 1.807) is 18.3 Å². The number of fused-ring (bicyclic) bond motifs is 1. The first-order valence-electron chi connectivity index (χ1n) is 7.01. The van der Waals surface area contributed by atoms with Gasteiger partial charge in [-0.2, -0.15) is 0 Å². The molecule has 22 heavy (non-hydrogen) atoms. The Balaban J connectivity index is 2.37. The van der Waals surface area contributed by atoms with Crippen molar-refractivity contribution in [2.24, 2.45) is 0 Å². The van der Waals surface area contributed by atoms with Crippen LogP contribution >= 0.6 is 11.6 Å². The van der Waals surface area contributed by atoms with Crippen molar-refractivity contribution in [3.63, 3.8) is 0 Å². The van der Waals surface area contributed by atoms with Crippen molar-refractivity contribution in [3.8, 4) is 17.0 Å². The van der Waals surface area contributed by atoms with Crippen molar-refractivity contribution in [2.75, 3.05) is 6.61 Å². The minimum Gasteiger partial charge on any atom is -0.493 e. The molecule has 0 atom stereocenters. The van der Waals surface area contributed by atoms with E-state index < -0.39 is 0 Å². The molecule has 0 aliphatic carbocycles. The Morgan fingerprint density at radius 2 is 1.91 bits per heavy atom. The van der Waals surface area contributed by atoms with E-state index in [0.29, 0.717) is 34.2 Å². The zero-order chi connectivity index (χ0) is 15.5. The molecule has 0 spiro atoms. The lowest BCUT2D eigenvalue weighted by atomic mass is 9.99. The number of carbonyl (C=O) groups is 1. The minimum atomic E-state index is 0.515. The molecular weight excluding hydrogens is 298 g/mol. The van der Waals surface area contributed by atoms with Gasteiger partial charge in [0, 0.05) is 22.5 Å². The Kier molecular flexibility index (Phi) is 4.07. The Bertz CT molecular complexity index is 846. The maximum absolute atomic E-state index is 11.5. The third-order valence-corrected chi connectivity index (χ3v) is 3.77. The molecule has 0 bridgehead atoms. The highest BCUT2D eigenvalue weighted by molar-refractivity contribution is 6.35. The van der Waals surface area contributed by atoms with Gasteiger partial charge < -0.3 is 4.74 Å². The summed E-state index contributed by atoms with van der Waals surface area (Å²) in [5.74, 6) is 0.645. The lowest BCUT2D eigenvalue weighted by Crippen LogP contribution is -1.99. The highest BCUT2D eigenvalue weighted by Gasteiger charge is 2.16. The van der Waals surface area contributed by atoms with Gasteiger partial charge in [0.05, 0.1) is 22.9 Å². The van der Waals surface area contributed by atoms with Gasteiger partial charge in [-0.3, -0.25) is 9.78 Å². The molecule has 0 saturated carbocycles. The Morgan fingerprint density at radius 1 is 1.14 bits per heavy atom. The highest BCUT2D eigenvalue weighted by Crippen LogP contribution is 2.37. The van der Waals surface area contributed by atoms with E-state index in [2.05, 4.69) is 4.98 Å². The number of hydrogen-bond acceptors (Lipinski definition) is 3. The van der Waals surface area contributed by atoms with E-state index in [9.17, 15) is 4.79 Å². The molecule has 0 fully saturated rings. The molecule has 3 rings (SSSR count). The standard InChI is InChI=1S/C18H14ClNO2/c1-2-22-16-9-5-6-12(11-21)17(16)18-14-8-4-3-7-13(14)15(19)10-20-18/h3-11H,2H2,1H3. The lowest BCUT2D eigenvalue weighted by molar-refractivity contribution is 0.112. The van der Waals surface area contributed by atoms with Crippen LogP contribution in [0.4, 0.5) is 0 Å². The summed E-state index contributed by atoms with van der Waals surface area (Å²) in [6, 6.07) is 13.1. The van der Waals surface area contributed by atoms with Crippen molar-refractivity contribution >= 4 is 28.7 Å². The quantitative estimate of drug-likeness (QED) is 0.652. The fourth-order valence-corrected chi connectivity index (χ4v) is 2.75. The average molecular weight is 312 g/mol. The normalized spacial score (nSPS) is 10.6. The molecular formula is C18H14ClNO2. The van der Waals surface area contributed by atoms with Gasteiger partial charge in [-0.15, -0.1) is 0 Å². The topological polar surface area (TPSA) is 39.2 Å². The first-order chi connectivity index (χ1) is 10.8. The van der Waals surface area contributed by atoms with Crippen LogP contribution in [0, 0.1) is 0 Å². The molecule has 0 saturated heterocycles. The van der Waals surface area contributed by atoms with E-state index in [0.717, 1.165) is 17.1 Å². The van der Waals surface area contributed by atoms with Gasteiger partial charge in [0.2, 0.25) is 0 Å². The second-order valence-corrected chi connectivity index (χ2v) is 5.18. The Morgan fingerprint density at radius 3 is 2.64 bits per heavy atom. The first kappa shape index (κ1) is 14.5. The van der Waals surface area contributed by atoms with Crippen molar-refractivity contribution < 1.29 is 9.53 Å². The highest BCUT2D eigenvalue weighted by atomic mass is 35.5. The van der Waals surface area contributed by atoms with Crippen LogP contribution in [0.15, 0.2) is 48.7 Å². The predicted octanol–water partition coefficient (Wildman–Crippen LogP) is 4.77. The Hall–Kier alpha value is -2.39. The third kappa shape index (κ3) is 2.44. The van der Waals surface area contributed by atoms with Gasteiger partial charge in [0.15, 0.2) is 6.29 Å². The minimum absolute atomic E-state index is 0.515. The maximum Gasteiger partial charge on any atom is 0.150 e. The third-order valence-electron chi connectivity index (χ3n) is 3.47. The van der Waals surface area contributed by atoms with Crippen molar-refractivity contribution in [2.45, 2.75) is 6.92 Å². The van der Waals surface area contributed by atoms with Crippen molar-refractivity contribution in [1.29, 1.82) is 0 Å². The molecule has 0 amide bonds. The second-order valence-electron chi connectivity index (χ2n) is 4.77. The molecule has 2 aromatic carbocycles. The van der Waals surface area contributed by atoms with E-state index in [4.69, 9.17) is 16.3 Å². The molecule has 3 aromatic rings. The van der Waals surface area contributed by atoms with Crippen LogP contribution in [0.2, 0.25) is 5.02 Å². The Labute approximate surface area is 133 Å². The number of nitrogens with zero attached hydrogens (tertiary/aromatic N) is 1. The van der Waals surface area contributed by atoms with Crippen molar-refractivity contribution in [1.82, 2.24) is 4.98 Å². The number of aldehydes is 1. The molecule has 0 aliphatic rings. The molecule has 1 heterocycles. The zero-order valence-electron chi connectivity index (χ0n) is 12.0. The van der Waals surface area contributed by atoms with Gasteiger partial charge >= 0.3 is 0 Å². The number of halogens is 1. The van der Waals surface area contributed by atoms with Crippen LogP contribution < -0.4 is 4.74 Å². The fourth-order valence-electron chi connectivity index (χ4n) is 2.53. The molecule has 4 heteroatoms. The smallest absolute Gasteiger partial charge is 0.150 e. The molecule has 0 unspecified atom stereocenters. The molecule has 0 N–H and O–H groups in total. The summed E-state index contributed by atoms with van der Waals surface area (Å²) in [5.41, 5.74) is 1.95. The summed E-state index contributed by atoms with van der Waals surface area (Å²) < 4.78 is 5.68. The van der Waals surface area contributed by atoms with Gasteiger partial charge in [-0.25, -0.2) is 0 Å². The van der Waals surface area contributed by atoms with E-state index in [1.807, 2.05) is 37.3 Å². The summed E-state index contributed by atoms with van der Waals surface area (Å²) in [7, 11) is 0. The largest absolute Gasteiger partial charge is 0.493 e. The number of ether oxygens (including phenoxy) is 1. The summed E-state index contributed by atoms with van der Waals surface area (Å²) in [4.78, 5) is 15.9. The van der Waals surface area contributed by atoms with Crippen LogP contribution in [0.1, 0.15) is 17.3 Å². The van der Waals surface area contributed by atoms with Crippen LogP contribution in [0.5, 0.6) is 5.75 Å². The zero-order valence-corrected chi connectivity index (χ0v) is 12.8. The summed E-state index contributed by atoms with van der Waals surface area (Å²) >= 11 is 6.23. The number of aromatic nitrogens is 1. The van der Waals surface area contributed by atoms with Gasteiger partial charge in [-0.05, 0) is 13.0 Å². The van der Waals surface area contributed by atoms with E-state index in [-0.39, 0.29) is 0 Å². The monoisotopic (exact) mass is 311 g/mol. The molecule has 0 radical (unpaired) electrons. The summed E-state index contributed by atoms with van der Waals surface area (Å²) in [6.45, 7) is 2.42. The maximum atomic E-state index is 11.5. The second kappa shape index (κ2) is 6.16. The van der Waals surface area contributed by atoms with E-state index in [1.165, 1.54) is 0 Å². The van der Waals surface area contributed by atoms with Crippen LogP contribution in [-0.4, -0.2) is 17.9 Å². The molecule has 0 aliphatic heterocycles. The predicted molar refractivity (Wildman–Crippen MR) is 88.7 cm³/mol. The number of pyridine rings is 1. The number of hydrogen-bond donors (Lipinski definition) is 0. The van der Waals surface area contributed by atoms with E-state index >= 15 is 0 Å². The fraction of sp³-hybridized carbons (Fsp3) is 0.111. The van der Waals surface area contributed by atoms with Crippen LogP contribution in [0.25, 0.3) is 22.0 Å². The van der Waals surface area contributed by atoms with Crippen LogP contribution in [-0.2, 0) is 0 Å². The average Bonchev–Trinajstić information content (AvgIpc) is 2.56. The summed E-state index contributed by atoms with van der Waals surface area (Å²) in [5, 5.41) is 2.38. The number of rotatable bonds is 4. The molecule has 3 nitrogen and oxygen atoms in total. The molecule has 1 aromatic heterocycles. The van der Waals surface area contributed by atoms with Gasteiger partial charge in [0.1, 0.15) is 5.75 Å². The number of carbonyl (C=O) groups excluding carboxylic acids is 1. The lowest BCUT2D eigenvalue weighted by Gasteiger charge is -2.14. The summed E-state index contributed by atoms with van der Waals surface area (Å²) in [6.07, 6.45) is 2.43. The SMILES string of the molecule is CCOc1cccc(C=O)c1-c1ncc(Cl)c2ccccc12. The number of benzene rings is 2. The first-order valence-corrected chi connectivity index (χ1v) is 7.38. The van der Waals surface area contributed by atoms with Crippen molar-refractivity contribution in [3.05, 3.63) is 59.2 Å². The van der Waals surface area contributed by atoms with Gasteiger partial charge in [0.25, 0.3) is 0 Å². The van der Waals surface area contributed by atoms with Crippen LogP contribution in [0.3, 0.4) is 0 Å². The molecule has 110 valence electrons. The van der Waals surface area contributed by atoms with Gasteiger partial charge in [-0.1, -0.05) is 48.0 Å².